The van der Waals surface area contributed by atoms with E-state index in [9.17, 15) is 4.79 Å². The van der Waals surface area contributed by atoms with E-state index >= 15 is 0 Å². The second kappa shape index (κ2) is 10.3. The Kier molecular flexibility index (Phi) is 7.47. The Balaban J connectivity index is 1.19. The standard InChI is InChI=1S/C24H31Cl2N3O2/c1-17-16-28(13-14-29(17)21-5-2-4-20(25)23(21)26)12-11-18-7-9-19(10-8-18)27-24(30)22-6-3-15-31-22/h2-6,15,17-19H,7-14,16H2,1H3,(H,27,30)/t17-,18?,19?/m1/s1. The molecule has 0 bridgehead atoms. The number of nitrogens with one attached hydrogen (secondary N) is 1. The maximum Gasteiger partial charge on any atom is 0.287 e. The van der Waals surface area contributed by atoms with Crippen LogP contribution >= 0.6 is 23.2 Å². The van der Waals surface area contributed by atoms with Crippen LogP contribution in [0.3, 0.4) is 0 Å². The van der Waals surface area contributed by atoms with E-state index < -0.39 is 0 Å². The average Bonchev–Trinajstić information content (AvgIpc) is 3.31. The number of piperazine rings is 1. The molecule has 1 aromatic carbocycles. The molecule has 1 aromatic heterocycles. The molecular weight excluding hydrogens is 433 g/mol. The van der Waals surface area contributed by atoms with Gasteiger partial charge in [-0.2, -0.15) is 0 Å². The van der Waals surface area contributed by atoms with Gasteiger partial charge < -0.3 is 14.6 Å². The molecule has 31 heavy (non-hydrogen) atoms. The van der Waals surface area contributed by atoms with Crippen molar-refractivity contribution in [2.45, 2.75) is 51.1 Å². The highest BCUT2D eigenvalue weighted by atomic mass is 35.5. The monoisotopic (exact) mass is 463 g/mol. The number of anilines is 1. The quantitative estimate of drug-likeness (QED) is 0.616. The smallest absolute Gasteiger partial charge is 0.287 e. The SMILES string of the molecule is C[C@@H]1CN(CCC2CCC(NC(=O)c3ccco3)CC2)CCN1c1cccc(Cl)c1Cl. The highest BCUT2D eigenvalue weighted by molar-refractivity contribution is 6.43. The lowest BCUT2D eigenvalue weighted by Crippen LogP contribution is -2.52. The first-order valence-electron chi connectivity index (χ1n) is 11.3. The van der Waals surface area contributed by atoms with E-state index in [-0.39, 0.29) is 11.9 Å². The molecule has 0 unspecified atom stereocenters. The van der Waals surface area contributed by atoms with Gasteiger partial charge in [0.15, 0.2) is 5.76 Å². The third-order valence-electron chi connectivity index (χ3n) is 6.73. The molecule has 2 aliphatic rings. The van der Waals surface area contributed by atoms with Crippen molar-refractivity contribution in [2.75, 3.05) is 31.1 Å². The number of carbonyl (C=O) groups excluding carboxylic acids is 1. The molecule has 0 radical (unpaired) electrons. The molecule has 1 aliphatic heterocycles. The van der Waals surface area contributed by atoms with Crippen LogP contribution in [0.4, 0.5) is 5.69 Å². The van der Waals surface area contributed by atoms with Gasteiger partial charge in [0.05, 0.1) is 22.0 Å². The molecule has 2 aromatic rings. The second-order valence-corrected chi connectivity index (χ2v) is 9.66. The number of benzene rings is 1. The summed E-state index contributed by atoms with van der Waals surface area (Å²) in [5.74, 6) is 1.04. The fourth-order valence-corrected chi connectivity index (χ4v) is 5.34. The summed E-state index contributed by atoms with van der Waals surface area (Å²) in [6, 6.07) is 9.99. The predicted octanol–water partition coefficient (Wildman–Crippen LogP) is 5.48. The van der Waals surface area contributed by atoms with Crippen LogP contribution in [0.25, 0.3) is 0 Å². The Labute approximate surface area is 194 Å². The molecule has 2 fully saturated rings. The van der Waals surface area contributed by atoms with Crippen molar-refractivity contribution in [1.82, 2.24) is 10.2 Å². The normalized spacial score (nSPS) is 24.9. The summed E-state index contributed by atoms with van der Waals surface area (Å²) in [5, 5.41) is 4.38. The fraction of sp³-hybridized carbons (Fsp3) is 0.542. The summed E-state index contributed by atoms with van der Waals surface area (Å²) in [7, 11) is 0. The van der Waals surface area contributed by atoms with E-state index in [1.165, 1.54) is 25.5 Å². The summed E-state index contributed by atoms with van der Waals surface area (Å²) in [4.78, 5) is 17.1. The Morgan fingerprint density at radius 2 is 1.94 bits per heavy atom. The molecule has 2 heterocycles. The van der Waals surface area contributed by atoms with Gasteiger partial charge in [-0.1, -0.05) is 29.3 Å². The van der Waals surface area contributed by atoms with Gasteiger partial charge in [-0.05, 0) is 75.8 Å². The minimum absolute atomic E-state index is 0.0971. The number of hydrogen-bond donors (Lipinski definition) is 1. The molecule has 7 heteroatoms. The van der Waals surface area contributed by atoms with Crippen LogP contribution in [0.5, 0.6) is 0 Å². The lowest BCUT2D eigenvalue weighted by Gasteiger charge is -2.42. The molecule has 1 atom stereocenters. The molecule has 1 saturated heterocycles. The van der Waals surface area contributed by atoms with Crippen LogP contribution in [0.15, 0.2) is 41.0 Å². The highest BCUT2D eigenvalue weighted by Gasteiger charge is 2.27. The van der Waals surface area contributed by atoms with Gasteiger partial charge in [-0.15, -0.1) is 0 Å². The largest absolute Gasteiger partial charge is 0.459 e. The van der Waals surface area contributed by atoms with Crippen molar-refractivity contribution in [3.05, 3.63) is 52.4 Å². The van der Waals surface area contributed by atoms with E-state index in [0.29, 0.717) is 21.8 Å². The third-order valence-corrected chi connectivity index (χ3v) is 7.54. The number of hydrogen-bond acceptors (Lipinski definition) is 4. The zero-order chi connectivity index (χ0) is 21.8. The Hall–Kier alpha value is -1.69. The van der Waals surface area contributed by atoms with E-state index in [1.807, 2.05) is 12.1 Å². The highest BCUT2D eigenvalue weighted by Crippen LogP contribution is 2.34. The van der Waals surface area contributed by atoms with Gasteiger partial charge in [0.25, 0.3) is 5.91 Å². The van der Waals surface area contributed by atoms with Crippen LogP contribution in [0.2, 0.25) is 10.0 Å². The minimum atomic E-state index is -0.0971. The molecular formula is C24H31Cl2N3O2. The molecule has 1 aliphatic carbocycles. The number of carbonyl (C=O) groups is 1. The third kappa shape index (κ3) is 5.57. The van der Waals surface area contributed by atoms with Crippen LogP contribution in [0, 0.1) is 5.92 Å². The van der Waals surface area contributed by atoms with Crippen LogP contribution in [0.1, 0.15) is 49.6 Å². The maximum atomic E-state index is 12.2. The number of halogens is 2. The Morgan fingerprint density at radius 3 is 2.65 bits per heavy atom. The van der Waals surface area contributed by atoms with Crippen LogP contribution in [-0.2, 0) is 0 Å². The Morgan fingerprint density at radius 1 is 1.13 bits per heavy atom. The lowest BCUT2D eigenvalue weighted by molar-refractivity contribution is 0.0891. The summed E-state index contributed by atoms with van der Waals surface area (Å²) in [5.41, 5.74) is 1.04. The maximum absolute atomic E-state index is 12.2. The van der Waals surface area contributed by atoms with Gasteiger partial charge >= 0.3 is 0 Å². The summed E-state index contributed by atoms with van der Waals surface area (Å²) >= 11 is 12.7. The van der Waals surface area contributed by atoms with Crippen molar-refractivity contribution in [3.8, 4) is 0 Å². The molecule has 1 N–H and O–H groups in total. The predicted molar refractivity (Wildman–Crippen MR) is 126 cm³/mol. The van der Waals surface area contributed by atoms with E-state index in [4.69, 9.17) is 27.6 Å². The molecule has 168 valence electrons. The first kappa shape index (κ1) is 22.5. The number of amides is 1. The molecule has 0 spiro atoms. The van der Waals surface area contributed by atoms with Gasteiger partial charge in [0, 0.05) is 31.7 Å². The average molecular weight is 464 g/mol. The second-order valence-electron chi connectivity index (χ2n) is 8.87. The summed E-state index contributed by atoms with van der Waals surface area (Å²) < 4.78 is 5.19. The minimum Gasteiger partial charge on any atom is -0.459 e. The zero-order valence-corrected chi connectivity index (χ0v) is 19.5. The van der Waals surface area contributed by atoms with E-state index in [0.717, 1.165) is 50.6 Å². The van der Waals surface area contributed by atoms with Crippen molar-refractivity contribution in [3.63, 3.8) is 0 Å². The van der Waals surface area contributed by atoms with Gasteiger partial charge in [0.2, 0.25) is 0 Å². The van der Waals surface area contributed by atoms with Crippen LogP contribution in [-0.4, -0.2) is 49.1 Å². The van der Waals surface area contributed by atoms with Gasteiger partial charge in [0.1, 0.15) is 0 Å². The number of furan rings is 1. The molecule has 1 saturated carbocycles. The van der Waals surface area contributed by atoms with E-state index in [2.05, 4.69) is 28.1 Å². The zero-order valence-electron chi connectivity index (χ0n) is 18.0. The topological polar surface area (TPSA) is 48.7 Å². The molecule has 1 amide bonds. The fourth-order valence-electron chi connectivity index (χ4n) is 4.93. The number of rotatable bonds is 6. The van der Waals surface area contributed by atoms with Gasteiger partial charge in [-0.25, -0.2) is 0 Å². The van der Waals surface area contributed by atoms with Crippen LogP contribution < -0.4 is 10.2 Å². The molecule has 4 rings (SSSR count). The lowest BCUT2D eigenvalue weighted by atomic mass is 9.84. The van der Waals surface area contributed by atoms with Gasteiger partial charge in [-0.3, -0.25) is 9.69 Å². The Bertz CT molecular complexity index is 866. The van der Waals surface area contributed by atoms with E-state index in [1.54, 1.807) is 12.1 Å². The number of nitrogens with zero attached hydrogens (tertiary/aromatic N) is 2. The van der Waals surface area contributed by atoms with Crippen molar-refractivity contribution < 1.29 is 9.21 Å². The summed E-state index contributed by atoms with van der Waals surface area (Å²) in [6.07, 6.45) is 7.22. The first-order valence-corrected chi connectivity index (χ1v) is 12.0. The molecule has 5 nitrogen and oxygen atoms in total. The first-order chi connectivity index (χ1) is 15.0. The van der Waals surface area contributed by atoms with Crippen molar-refractivity contribution in [2.24, 2.45) is 5.92 Å². The van der Waals surface area contributed by atoms with Crippen molar-refractivity contribution in [1.29, 1.82) is 0 Å². The van der Waals surface area contributed by atoms with Crippen molar-refractivity contribution >= 4 is 34.8 Å². The summed E-state index contributed by atoms with van der Waals surface area (Å²) in [6.45, 7) is 6.44.